The maximum absolute atomic E-state index is 11.9. The third-order valence-corrected chi connectivity index (χ3v) is 3.67. The monoisotopic (exact) mass is 261 g/mol. The van der Waals surface area contributed by atoms with Crippen molar-refractivity contribution in [1.29, 1.82) is 0 Å². The van der Waals surface area contributed by atoms with E-state index < -0.39 is 17.4 Å². The number of rotatable bonds is 6. The highest BCUT2D eigenvalue weighted by molar-refractivity contribution is 6.00. The number of hydrogen-bond acceptors (Lipinski definition) is 4. The highest BCUT2D eigenvalue weighted by atomic mass is 16.1. The fourth-order valence-electron chi connectivity index (χ4n) is 2.64. The van der Waals surface area contributed by atoms with Gasteiger partial charge in [-0.3, -0.25) is 14.4 Å². The molecule has 1 aliphatic rings. The highest BCUT2D eigenvalue weighted by Gasteiger charge is 2.44. The second-order valence-corrected chi connectivity index (χ2v) is 4.98. The van der Waals surface area contributed by atoms with Gasteiger partial charge in [0.15, 0.2) is 17.3 Å². The SMILES string of the molecule is C=CC(=O)C1CC(C(=O)C=C)CC(N)(C(=O)C=C)C1. The van der Waals surface area contributed by atoms with E-state index in [9.17, 15) is 14.4 Å². The van der Waals surface area contributed by atoms with E-state index in [-0.39, 0.29) is 30.2 Å². The van der Waals surface area contributed by atoms with Crippen molar-refractivity contribution >= 4 is 17.3 Å². The number of nitrogens with two attached hydrogens (primary N) is 1. The summed E-state index contributed by atoms with van der Waals surface area (Å²) in [6.07, 6.45) is 4.41. The molecule has 0 aliphatic heterocycles. The molecule has 1 fully saturated rings. The van der Waals surface area contributed by atoms with E-state index in [2.05, 4.69) is 19.7 Å². The molecular weight excluding hydrogens is 242 g/mol. The van der Waals surface area contributed by atoms with Crippen LogP contribution in [0.5, 0.6) is 0 Å². The first-order chi connectivity index (χ1) is 8.87. The Hall–Kier alpha value is -1.81. The van der Waals surface area contributed by atoms with E-state index in [1.807, 2.05) is 0 Å². The lowest BCUT2D eigenvalue weighted by atomic mass is 9.67. The Morgan fingerprint density at radius 2 is 1.37 bits per heavy atom. The summed E-state index contributed by atoms with van der Waals surface area (Å²) < 4.78 is 0. The maximum Gasteiger partial charge on any atom is 0.174 e. The normalized spacial score (nSPS) is 30.2. The molecule has 2 N–H and O–H groups in total. The fraction of sp³-hybridized carbons (Fsp3) is 0.400. The second kappa shape index (κ2) is 5.89. The molecular formula is C15H19NO3. The molecule has 0 aromatic rings. The van der Waals surface area contributed by atoms with E-state index in [0.717, 1.165) is 6.08 Å². The molecule has 0 amide bonds. The van der Waals surface area contributed by atoms with Crippen molar-refractivity contribution in [1.82, 2.24) is 0 Å². The van der Waals surface area contributed by atoms with Crippen molar-refractivity contribution in [3.8, 4) is 0 Å². The van der Waals surface area contributed by atoms with Gasteiger partial charge in [-0.2, -0.15) is 0 Å². The highest BCUT2D eigenvalue weighted by Crippen LogP contribution is 2.37. The van der Waals surface area contributed by atoms with Crippen LogP contribution in [0.15, 0.2) is 38.0 Å². The molecule has 2 unspecified atom stereocenters. The Labute approximate surface area is 113 Å². The molecule has 1 saturated carbocycles. The molecule has 19 heavy (non-hydrogen) atoms. The summed E-state index contributed by atoms with van der Waals surface area (Å²) in [4.78, 5) is 35.4. The van der Waals surface area contributed by atoms with Crippen LogP contribution in [0, 0.1) is 11.8 Å². The van der Waals surface area contributed by atoms with E-state index in [1.54, 1.807) is 0 Å². The van der Waals surface area contributed by atoms with Gasteiger partial charge in [-0.15, -0.1) is 0 Å². The van der Waals surface area contributed by atoms with Gasteiger partial charge in [-0.1, -0.05) is 19.7 Å². The van der Waals surface area contributed by atoms with Gasteiger partial charge in [-0.05, 0) is 37.5 Å². The first kappa shape index (κ1) is 15.2. The molecule has 0 saturated heterocycles. The summed E-state index contributed by atoms with van der Waals surface area (Å²) in [6, 6.07) is 0. The van der Waals surface area contributed by atoms with Crippen molar-refractivity contribution in [2.45, 2.75) is 24.8 Å². The summed E-state index contributed by atoms with van der Waals surface area (Å²) in [7, 11) is 0. The van der Waals surface area contributed by atoms with Gasteiger partial charge in [0.05, 0.1) is 5.54 Å². The molecule has 0 radical (unpaired) electrons. The number of hydrogen-bond donors (Lipinski definition) is 1. The minimum atomic E-state index is -1.20. The van der Waals surface area contributed by atoms with Gasteiger partial charge in [0.1, 0.15) is 0 Å². The van der Waals surface area contributed by atoms with Crippen LogP contribution in [0.1, 0.15) is 19.3 Å². The molecule has 0 spiro atoms. The fourth-order valence-corrected chi connectivity index (χ4v) is 2.64. The van der Waals surface area contributed by atoms with Crippen molar-refractivity contribution in [3.63, 3.8) is 0 Å². The number of carbonyl (C=O) groups is 3. The minimum absolute atomic E-state index is 0.187. The molecule has 0 bridgehead atoms. The first-order valence-corrected chi connectivity index (χ1v) is 6.16. The van der Waals surface area contributed by atoms with Gasteiger partial charge in [0.2, 0.25) is 0 Å². The lowest BCUT2D eigenvalue weighted by Crippen LogP contribution is -2.54. The third kappa shape index (κ3) is 3.15. The minimum Gasteiger partial charge on any atom is -0.319 e. The van der Waals surface area contributed by atoms with Gasteiger partial charge in [0, 0.05) is 11.8 Å². The third-order valence-electron chi connectivity index (χ3n) is 3.67. The molecule has 0 aromatic heterocycles. The quantitative estimate of drug-likeness (QED) is 0.732. The number of ketones is 3. The van der Waals surface area contributed by atoms with Crippen molar-refractivity contribution in [2.75, 3.05) is 0 Å². The van der Waals surface area contributed by atoms with Gasteiger partial charge < -0.3 is 5.73 Å². The first-order valence-electron chi connectivity index (χ1n) is 6.16. The van der Waals surface area contributed by atoms with Gasteiger partial charge in [-0.25, -0.2) is 0 Å². The Morgan fingerprint density at radius 1 is 0.947 bits per heavy atom. The van der Waals surface area contributed by atoms with Crippen molar-refractivity contribution in [2.24, 2.45) is 17.6 Å². The zero-order valence-corrected chi connectivity index (χ0v) is 10.9. The molecule has 1 aliphatic carbocycles. The number of allylic oxidation sites excluding steroid dienone is 2. The molecule has 2 atom stereocenters. The Bertz CT molecular complexity index is 422. The Balaban J connectivity index is 3.08. The van der Waals surface area contributed by atoms with Gasteiger partial charge >= 0.3 is 0 Å². The van der Waals surface area contributed by atoms with Crippen molar-refractivity contribution < 1.29 is 14.4 Å². The van der Waals surface area contributed by atoms with E-state index in [1.165, 1.54) is 12.2 Å². The topological polar surface area (TPSA) is 77.2 Å². The van der Waals surface area contributed by atoms with Crippen LogP contribution in [-0.2, 0) is 14.4 Å². The molecule has 1 rings (SSSR count). The largest absolute Gasteiger partial charge is 0.319 e. The lowest BCUT2D eigenvalue weighted by molar-refractivity contribution is -0.128. The molecule has 4 heteroatoms. The van der Waals surface area contributed by atoms with E-state index >= 15 is 0 Å². The summed E-state index contributed by atoms with van der Waals surface area (Å²) in [5.41, 5.74) is 4.88. The van der Waals surface area contributed by atoms with E-state index in [0.29, 0.717) is 6.42 Å². The number of carbonyl (C=O) groups excluding carboxylic acids is 3. The van der Waals surface area contributed by atoms with Crippen molar-refractivity contribution in [3.05, 3.63) is 38.0 Å². The summed E-state index contributed by atoms with van der Waals surface area (Å²) in [6.45, 7) is 10.3. The van der Waals surface area contributed by atoms with Crippen LogP contribution in [0.4, 0.5) is 0 Å². The van der Waals surface area contributed by atoms with E-state index in [4.69, 9.17) is 5.73 Å². The Kier molecular flexibility index (Phi) is 4.72. The van der Waals surface area contributed by atoms with Gasteiger partial charge in [0.25, 0.3) is 0 Å². The van der Waals surface area contributed by atoms with Crippen LogP contribution in [0.2, 0.25) is 0 Å². The summed E-state index contributed by atoms with van der Waals surface area (Å²) in [5.74, 6) is -1.61. The molecule has 0 heterocycles. The average Bonchev–Trinajstić information content (AvgIpc) is 2.43. The standard InChI is InChI=1S/C15H19NO3/c1-4-12(17)10-7-11(13(18)5-2)9-15(16,8-10)14(19)6-3/h4-6,10-11H,1-3,7-9,16H2. The Morgan fingerprint density at radius 3 is 1.68 bits per heavy atom. The maximum atomic E-state index is 11.9. The second-order valence-electron chi connectivity index (χ2n) is 4.98. The molecule has 102 valence electrons. The molecule has 0 aromatic carbocycles. The molecule has 4 nitrogen and oxygen atoms in total. The predicted molar refractivity (Wildman–Crippen MR) is 73.4 cm³/mol. The smallest absolute Gasteiger partial charge is 0.174 e. The zero-order chi connectivity index (χ0) is 14.6. The van der Waals surface area contributed by atoms with Crippen LogP contribution in [0.3, 0.4) is 0 Å². The average molecular weight is 261 g/mol. The van der Waals surface area contributed by atoms with Crippen LogP contribution in [-0.4, -0.2) is 22.9 Å². The lowest BCUT2D eigenvalue weighted by Gasteiger charge is -2.38. The summed E-state index contributed by atoms with van der Waals surface area (Å²) >= 11 is 0. The van der Waals surface area contributed by atoms with Crippen LogP contribution < -0.4 is 5.73 Å². The summed E-state index contributed by atoms with van der Waals surface area (Å²) in [5, 5.41) is 0. The zero-order valence-electron chi connectivity index (χ0n) is 10.9. The van der Waals surface area contributed by atoms with Crippen LogP contribution >= 0.6 is 0 Å². The van der Waals surface area contributed by atoms with Crippen LogP contribution in [0.25, 0.3) is 0 Å². The predicted octanol–water partition coefficient (Wildman–Crippen LogP) is 1.37.